The van der Waals surface area contributed by atoms with Crippen LogP contribution in [-0.2, 0) is 17.8 Å². The first-order valence-electron chi connectivity index (χ1n) is 13.1. The second kappa shape index (κ2) is 12.1. The number of likely N-dealkylation sites (tertiary alicyclic amines) is 1. The molecule has 0 bridgehead atoms. The van der Waals surface area contributed by atoms with Crippen molar-refractivity contribution in [1.82, 2.24) is 24.8 Å². The summed E-state index contributed by atoms with van der Waals surface area (Å²) in [5, 5.41) is 24.3. The second-order valence-electron chi connectivity index (χ2n) is 9.90. The summed E-state index contributed by atoms with van der Waals surface area (Å²) in [6, 6.07) is 7.81. The maximum absolute atomic E-state index is 13.2. The summed E-state index contributed by atoms with van der Waals surface area (Å²) in [6.45, 7) is 1.84. The predicted octanol–water partition coefficient (Wildman–Crippen LogP) is 3.15. The lowest BCUT2D eigenvalue weighted by Crippen LogP contribution is -2.51. The molecule has 0 radical (unpaired) electrons. The van der Waals surface area contributed by atoms with Gasteiger partial charge in [0.2, 0.25) is 12.2 Å². The lowest BCUT2D eigenvalue weighted by molar-refractivity contribution is -0.139. The zero-order valence-electron chi connectivity index (χ0n) is 21.9. The Morgan fingerprint density at radius 2 is 1.90 bits per heavy atom. The summed E-state index contributed by atoms with van der Waals surface area (Å²) in [5.74, 6) is -1.88. The van der Waals surface area contributed by atoms with Gasteiger partial charge in [-0.05, 0) is 54.7 Å². The fourth-order valence-corrected chi connectivity index (χ4v) is 5.97. The number of carboxylic acid groups (broad SMARTS) is 1. The third kappa shape index (κ3) is 5.94. The maximum atomic E-state index is 13.2. The van der Waals surface area contributed by atoms with E-state index in [-0.39, 0.29) is 40.6 Å². The van der Waals surface area contributed by atoms with Crippen LogP contribution in [-0.4, -0.2) is 75.3 Å². The molecule has 0 saturated carbocycles. The fourth-order valence-electron chi connectivity index (χ4n) is 5.21. The van der Waals surface area contributed by atoms with Crippen molar-refractivity contribution in [1.29, 1.82) is 5.26 Å². The molecular weight excluding hydrogens is 569 g/mol. The smallest absolute Gasteiger partial charge is 0.328 e. The summed E-state index contributed by atoms with van der Waals surface area (Å²) in [4.78, 5) is 45.7. The quantitative estimate of drug-likeness (QED) is 0.226. The van der Waals surface area contributed by atoms with Crippen LogP contribution in [0.15, 0.2) is 47.7 Å². The Morgan fingerprint density at radius 3 is 2.61 bits per heavy atom. The van der Waals surface area contributed by atoms with Gasteiger partial charge in [0.1, 0.15) is 6.04 Å². The van der Waals surface area contributed by atoms with E-state index in [1.54, 1.807) is 23.4 Å². The van der Waals surface area contributed by atoms with Gasteiger partial charge in [0.05, 0.1) is 21.2 Å². The highest BCUT2D eigenvalue weighted by Gasteiger charge is 2.30. The van der Waals surface area contributed by atoms with Gasteiger partial charge in [-0.15, -0.1) is 4.99 Å². The SMILES string of the molecule is N#C/N=C(\NC[C@H](NC(=O)c1c(Cl)cc2c(c1Cl)CCN(C(=O)c1cc3ccccn3c1)C2)C(=O)O)N1CCCC1. The molecule has 4 heterocycles. The van der Waals surface area contributed by atoms with E-state index in [2.05, 4.69) is 15.6 Å². The van der Waals surface area contributed by atoms with Gasteiger partial charge in [-0.3, -0.25) is 9.59 Å². The molecule has 2 aromatic heterocycles. The van der Waals surface area contributed by atoms with E-state index < -0.39 is 17.9 Å². The Hall–Kier alpha value is -4.27. The van der Waals surface area contributed by atoms with Crippen LogP contribution in [0.5, 0.6) is 0 Å². The number of carbonyl (C=O) groups is 3. The Labute approximate surface area is 245 Å². The molecular formula is C28H27Cl2N7O4. The van der Waals surface area contributed by atoms with Crippen LogP contribution in [0.3, 0.4) is 0 Å². The predicted molar refractivity (Wildman–Crippen MR) is 153 cm³/mol. The number of aliphatic imine (C=N–C) groups is 1. The van der Waals surface area contributed by atoms with E-state index in [0.717, 1.165) is 23.9 Å². The number of hydrogen-bond acceptors (Lipinski definition) is 5. The molecule has 3 N–H and O–H groups in total. The van der Waals surface area contributed by atoms with Gasteiger partial charge < -0.3 is 29.9 Å². The summed E-state index contributed by atoms with van der Waals surface area (Å²) >= 11 is 13.2. The molecule has 1 saturated heterocycles. The zero-order valence-corrected chi connectivity index (χ0v) is 23.5. The molecule has 11 nitrogen and oxygen atoms in total. The molecule has 1 atom stereocenters. The number of halogens is 2. The van der Waals surface area contributed by atoms with Gasteiger partial charge in [0, 0.05) is 50.6 Å². The number of nitrogens with one attached hydrogen (secondary N) is 2. The van der Waals surface area contributed by atoms with E-state index in [1.165, 1.54) is 0 Å². The van der Waals surface area contributed by atoms with Crippen LogP contribution in [0.2, 0.25) is 10.0 Å². The Bertz CT molecular complexity index is 1560. The molecule has 212 valence electrons. The monoisotopic (exact) mass is 595 g/mol. The normalized spacial score (nSPS) is 15.8. The average molecular weight is 596 g/mol. The van der Waals surface area contributed by atoms with Gasteiger partial charge in [-0.25, -0.2) is 4.79 Å². The first-order chi connectivity index (χ1) is 19.8. The molecule has 2 aliphatic rings. The first kappa shape index (κ1) is 28.3. The molecule has 0 unspecified atom stereocenters. The van der Waals surface area contributed by atoms with E-state index in [1.807, 2.05) is 39.8 Å². The third-order valence-electron chi connectivity index (χ3n) is 7.30. The number of nitriles is 1. The number of nitrogens with zero attached hydrogens (tertiary/aromatic N) is 5. The molecule has 13 heteroatoms. The molecule has 1 aromatic carbocycles. The average Bonchev–Trinajstić information content (AvgIpc) is 3.64. The Kier molecular flexibility index (Phi) is 8.33. The van der Waals surface area contributed by atoms with Crippen molar-refractivity contribution >= 4 is 52.5 Å². The van der Waals surface area contributed by atoms with Crippen LogP contribution >= 0.6 is 23.2 Å². The van der Waals surface area contributed by atoms with E-state index >= 15 is 0 Å². The zero-order chi connectivity index (χ0) is 29.1. The van der Waals surface area contributed by atoms with Crippen LogP contribution < -0.4 is 10.6 Å². The number of aliphatic carboxylic acids is 1. The standard InChI is InChI=1S/C28H27Cl2N7O4/c29-21-12-17-14-37(26(39)18-11-19-5-1-2-9-36(19)15-18)10-6-20(17)24(30)23(21)25(38)34-22(27(40)41)13-32-28(33-16-31)35-7-3-4-8-35/h1-2,5,9,11-12,15,22H,3-4,6-8,10,13-14H2,(H,32,33)(H,34,38)(H,40,41)/t22-/m0/s1. The highest BCUT2D eigenvalue weighted by Crippen LogP contribution is 2.35. The maximum Gasteiger partial charge on any atom is 0.328 e. The summed E-state index contributed by atoms with van der Waals surface area (Å²) in [6.07, 6.45) is 7.67. The number of pyridine rings is 1. The van der Waals surface area contributed by atoms with Crippen molar-refractivity contribution in [3.63, 3.8) is 0 Å². The lowest BCUT2D eigenvalue weighted by atomic mass is 9.96. The number of aromatic nitrogens is 1. The van der Waals surface area contributed by atoms with Crippen molar-refractivity contribution in [3.05, 3.63) is 75.0 Å². The van der Waals surface area contributed by atoms with E-state index in [4.69, 9.17) is 28.5 Å². The minimum Gasteiger partial charge on any atom is -0.480 e. The number of carboxylic acids is 1. The molecule has 3 aromatic rings. The van der Waals surface area contributed by atoms with Crippen LogP contribution in [0, 0.1) is 11.5 Å². The number of benzene rings is 1. The van der Waals surface area contributed by atoms with E-state index in [0.29, 0.717) is 37.2 Å². The highest BCUT2D eigenvalue weighted by molar-refractivity contribution is 6.40. The van der Waals surface area contributed by atoms with Crippen molar-refractivity contribution in [3.8, 4) is 6.19 Å². The molecule has 2 amide bonds. The molecule has 0 aliphatic carbocycles. The second-order valence-corrected chi connectivity index (χ2v) is 10.7. The fraction of sp³-hybridized carbons (Fsp3) is 0.321. The van der Waals surface area contributed by atoms with Crippen LogP contribution in [0.4, 0.5) is 0 Å². The number of guanidine groups is 1. The van der Waals surface area contributed by atoms with Gasteiger partial charge in [-0.2, -0.15) is 5.26 Å². The third-order valence-corrected chi connectivity index (χ3v) is 8.01. The Morgan fingerprint density at radius 1 is 1.12 bits per heavy atom. The number of fused-ring (bicyclic) bond motifs is 2. The summed E-state index contributed by atoms with van der Waals surface area (Å²) in [5.41, 5.74) is 2.86. The minimum atomic E-state index is -1.34. The van der Waals surface area contributed by atoms with Crippen LogP contribution in [0.25, 0.3) is 5.52 Å². The molecule has 41 heavy (non-hydrogen) atoms. The number of rotatable bonds is 6. The summed E-state index contributed by atoms with van der Waals surface area (Å²) < 4.78 is 1.88. The largest absolute Gasteiger partial charge is 0.480 e. The number of amides is 2. The minimum absolute atomic E-state index is 0.0257. The molecule has 1 fully saturated rings. The van der Waals surface area contributed by atoms with Crippen LogP contribution in [0.1, 0.15) is 44.7 Å². The summed E-state index contributed by atoms with van der Waals surface area (Å²) in [7, 11) is 0. The topological polar surface area (TPSA) is 143 Å². The van der Waals surface area contributed by atoms with Gasteiger partial charge in [0.25, 0.3) is 11.8 Å². The van der Waals surface area contributed by atoms with E-state index in [9.17, 15) is 19.5 Å². The molecule has 2 aliphatic heterocycles. The lowest BCUT2D eigenvalue weighted by Gasteiger charge is -2.30. The van der Waals surface area contributed by atoms with Crippen molar-refractivity contribution in [2.45, 2.75) is 31.8 Å². The van der Waals surface area contributed by atoms with Gasteiger partial charge in [-0.1, -0.05) is 29.3 Å². The molecule has 5 rings (SSSR count). The van der Waals surface area contributed by atoms with Crippen molar-refractivity contribution < 1.29 is 19.5 Å². The van der Waals surface area contributed by atoms with Crippen molar-refractivity contribution in [2.24, 2.45) is 4.99 Å². The van der Waals surface area contributed by atoms with Gasteiger partial charge >= 0.3 is 5.97 Å². The molecule has 0 spiro atoms. The van der Waals surface area contributed by atoms with Gasteiger partial charge in [0.15, 0.2) is 0 Å². The first-order valence-corrected chi connectivity index (χ1v) is 13.9. The highest BCUT2D eigenvalue weighted by atomic mass is 35.5. The number of carbonyl (C=O) groups excluding carboxylic acids is 2. The Balaban J connectivity index is 1.30. The number of hydrogen-bond donors (Lipinski definition) is 3. The van der Waals surface area contributed by atoms with Crippen molar-refractivity contribution in [2.75, 3.05) is 26.2 Å².